The Morgan fingerprint density at radius 1 is 1.28 bits per heavy atom. The predicted octanol–water partition coefficient (Wildman–Crippen LogP) is 4.42. The Bertz CT molecular complexity index is 458. The third-order valence-corrected chi connectivity index (χ3v) is 3.33. The van der Waals surface area contributed by atoms with Crippen LogP contribution in [0.25, 0.3) is 0 Å². The standard InChI is InChI=1S/C15H20F2O/c1-5-6-10-7-8-11(14(2,3)4)13-12(10)15(16,17)9-18-13/h7-8H,5-6,9H2,1-4H3. The first-order valence-corrected chi connectivity index (χ1v) is 6.45. The van der Waals surface area contributed by atoms with Crippen LogP contribution in [0.1, 0.15) is 50.8 Å². The normalized spacial score (nSPS) is 17.4. The van der Waals surface area contributed by atoms with E-state index in [4.69, 9.17) is 4.74 Å². The zero-order chi connectivity index (χ0) is 13.6. The molecule has 0 aromatic heterocycles. The van der Waals surface area contributed by atoms with Crippen molar-refractivity contribution in [3.8, 4) is 5.75 Å². The Labute approximate surface area is 107 Å². The van der Waals surface area contributed by atoms with Crippen LogP contribution in [0.4, 0.5) is 8.78 Å². The number of ether oxygens (including phenoxy) is 1. The van der Waals surface area contributed by atoms with Crippen LogP contribution in [0.15, 0.2) is 12.1 Å². The molecule has 0 aliphatic carbocycles. The minimum absolute atomic E-state index is 0.122. The molecular formula is C15H20F2O. The highest BCUT2D eigenvalue weighted by Gasteiger charge is 2.45. The van der Waals surface area contributed by atoms with Crippen LogP contribution in [0.2, 0.25) is 0 Å². The zero-order valence-corrected chi connectivity index (χ0v) is 11.4. The molecule has 0 N–H and O–H groups in total. The van der Waals surface area contributed by atoms with E-state index in [1.807, 2.05) is 39.8 Å². The van der Waals surface area contributed by atoms with Crippen molar-refractivity contribution in [3.05, 3.63) is 28.8 Å². The van der Waals surface area contributed by atoms with Gasteiger partial charge in [0.1, 0.15) is 5.75 Å². The monoisotopic (exact) mass is 254 g/mol. The molecule has 0 atom stereocenters. The van der Waals surface area contributed by atoms with Gasteiger partial charge in [-0.3, -0.25) is 0 Å². The number of fused-ring (bicyclic) bond motifs is 1. The third kappa shape index (κ3) is 2.11. The summed E-state index contributed by atoms with van der Waals surface area (Å²) in [6.07, 6.45) is 1.53. The lowest BCUT2D eigenvalue weighted by Crippen LogP contribution is -2.16. The van der Waals surface area contributed by atoms with Crippen molar-refractivity contribution in [1.29, 1.82) is 0 Å². The van der Waals surface area contributed by atoms with Gasteiger partial charge in [-0.25, -0.2) is 0 Å². The molecule has 100 valence electrons. The van der Waals surface area contributed by atoms with Crippen LogP contribution in [0.3, 0.4) is 0 Å². The van der Waals surface area contributed by atoms with Gasteiger partial charge in [-0.15, -0.1) is 0 Å². The summed E-state index contributed by atoms with van der Waals surface area (Å²) in [5.74, 6) is -2.43. The second kappa shape index (κ2) is 4.22. The Kier molecular flexibility index (Phi) is 3.12. The SMILES string of the molecule is CCCc1ccc(C(C)(C)C)c2c1C(F)(F)CO2. The van der Waals surface area contributed by atoms with E-state index in [0.717, 1.165) is 17.5 Å². The number of rotatable bonds is 2. The number of hydrogen-bond donors (Lipinski definition) is 0. The zero-order valence-electron chi connectivity index (χ0n) is 11.4. The number of halogens is 2. The van der Waals surface area contributed by atoms with E-state index in [-0.39, 0.29) is 11.0 Å². The van der Waals surface area contributed by atoms with E-state index < -0.39 is 12.5 Å². The Morgan fingerprint density at radius 3 is 2.50 bits per heavy atom. The second-order valence-corrected chi connectivity index (χ2v) is 5.97. The molecule has 0 radical (unpaired) electrons. The van der Waals surface area contributed by atoms with E-state index >= 15 is 0 Å². The van der Waals surface area contributed by atoms with E-state index in [1.165, 1.54) is 0 Å². The van der Waals surface area contributed by atoms with Gasteiger partial charge in [-0.2, -0.15) is 8.78 Å². The van der Waals surface area contributed by atoms with E-state index in [2.05, 4.69) is 0 Å². The van der Waals surface area contributed by atoms with Gasteiger partial charge in [0.05, 0.1) is 5.56 Å². The Balaban J connectivity index is 2.63. The van der Waals surface area contributed by atoms with Gasteiger partial charge in [0, 0.05) is 5.56 Å². The minimum Gasteiger partial charge on any atom is -0.486 e. The van der Waals surface area contributed by atoms with Crippen molar-refractivity contribution < 1.29 is 13.5 Å². The minimum atomic E-state index is -2.85. The van der Waals surface area contributed by atoms with Gasteiger partial charge in [0.2, 0.25) is 0 Å². The van der Waals surface area contributed by atoms with Gasteiger partial charge in [-0.05, 0) is 17.4 Å². The quantitative estimate of drug-likeness (QED) is 0.759. The molecular weight excluding hydrogens is 234 g/mol. The highest BCUT2D eigenvalue weighted by Crippen LogP contribution is 2.48. The molecule has 1 aliphatic heterocycles. The fourth-order valence-electron chi connectivity index (χ4n) is 2.48. The lowest BCUT2D eigenvalue weighted by Gasteiger charge is -2.23. The predicted molar refractivity (Wildman–Crippen MR) is 68.5 cm³/mol. The molecule has 1 aromatic carbocycles. The third-order valence-electron chi connectivity index (χ3n) is 3.33. The lowest BCUT2D eigenvalue weighted by molar-refractivity contribution is -0.0220. The van der Waals surface area contributed by atoms with Gasteiger partial charge in [0.25, 0.3) is 0 Å². The number of benzene rings is 1. The van der Waals surface area contributed by atoms with Crippen LogP contribution >= 0.6 is 0 Å². The fraction of sp³-hybridized carbons (Fsp3) is 0.600. The summed E-state index contributed by atoms with van der Waals surface area (Å²) in [5, 5.41) is 0. The molecule has 3 heteroatoms. The molecule has 1 aliphatic rings. The summed E-state index contributed by atoms with van der Waals surface area (Å²) in [6.45, 7) is 7.52. The molecule has 0 saturated carbocycles. The van der Waals surface area contributed by atoms with Crippen molar-refractivity contribution >= 4 is 0 Å². The molecule has 0 spiro atoms. The largest absolute Gasteiger partial charge is 0.486 e. The summed E-state index contributed by atoms with van der Waals surface area (Å²) in [4.78, 5) is 0. The first kappa shape index (κ1) is 13.3. The van der Waals surface area contributed by atoms with Crippen LogP contribution < -0.4 is 4.74 Å². The average molecular weight is 254 g/mol. The first-order valence-electron chi connectivity index (χ1n) is 6.45. The molecule has 18 heavy (non-hydrogen) atoms. The number of aryl methyl sites for hydroxylation is 1. The fourth-order valence-corrected chi connectivity index (χ4v) is 2.48. The molecule has 0 amide bonds. The molecule has 0 bridgehead atoms. The maximum atomic E-state index is 14.0. The molecule has 0 unspecified atom stereocenters. The molecule has 1 nitrogen and oxygen atoms in total. The van der Waals surface area contributed by atoms with Gasteiger partial charge in [-0.1, -0.05) is 46.2 Å². The van der Waals surface area contributed by atoms with Gasteiger partial charge >= 0.3 is 5.92 Å². The van der Waals surface area contributed by atoms with Crippen LogP contribution in [0.5, 0.6) is 5.75 Å². The molecule has 0 saturated heterocycles. The van der Waals surface area contributed by atoms with E-state index in [9.17, 15) is 8.78 Å². The van der Waals surface area contributed by atoms with Crippen molar-refractivity contribution in [1.82, 2.24) is 0 Å². The molecule has 0 fully saturated rings. The Hall–Kier alpha value is -1.12. The summed E-state index contributed by atoms with van der Waals surface area (Å²) >= 11 is 0. The smallest absolute Gasteiger partial charge is 0.310 e. The van der Waals surface area contributed by atoms with Crippen LogP contribution in [-0.4, -0.2) is 6.61 Å². The summed E-state index contributed by atoms with van der Waals surface area (Å²) < 4.78 is 33.2. The summed E-state index contributed by atoms with van der Waals surface area (Å²) in [7, 11) is 0. The number of alkyl halides is 2. The summed E-state index contributed by atoms with van der Waals surface area (Å²) in [5.41, 5.74) is 1.53. The average Bonchev–Trinajstić information content (AvgIpc) is 2.55. The van der Waals surface area contributed by atoms with Crippen LogP contribution in [-0.2, 0) is 17.8 Å². The van der Waals surface area contributed by atoms with Gasteiger partial charge in [0.15, 0.2) is 6.61 Å². The second-order valence-electron chi connectivity index (χ2n) is 5.97. The highest BCUT2D eigenvalue weighted by molar-refractivity contribution is 5.53. The molecule has 1 heterocycles. The lowest BCUT2D eigenvalue weighted by atomic mass is 9.83. The topological polar surface area (TPSA) is 9.23 Å². The maximum absolute atomic E-state index is 14.0. The highest BCUT2D eigenvalue weighted by atomic mass is 19.3. The number of hydrogen-bond acceptors (Lipinski definition) is 1. The van der Waals surface area contributed by atoms with E-state index in [1.54, 1.807) is 0 Å². The van der Waals surface area contributed by atoms with Gasteiger partial charge < -0.3 is 4.74 Å². The van der Waals surface area contributed by atoms with Crippen molar-refractivity contribution in [3.63, 3.8) is 0 Å². The van der Waals surface area contributed by atoms with Crippen molar-refractivity contribution in [2.75, 3.05) is 6.61 Å². The first-order chi connectivity index (χ1) is 8.27. The van der Waals surface area contributed by atoms with Crippen LogP contribution in [0, 0.1) is 0 Å². The maximum Gasteiger partial charge on any atom is 0.310 e. The van der Waals surface area contributed by atoms with Crippen molar-refractivity contribution in [2.45, 2.75) is 51.9 Å². The Morgan fingerprint density at radius 2 is 1.94 bits per heavy atom. The van der Waals surface area contributed by atoms with Crippen molar-refractivity contribution in [2.24, 2.45) is 0 Å². The molecule has 2 rings (SSSR count). The molecule has 1 aromatic rings. The van der Waals surface area contributed by atoms with E-state index in [0.29, 0.717) is 12.2 Å². The summed E-state index contributed by atoms with van der Waals surface area (Å²) in [6, 6.07) is 3.77.